The van der Waals surface area contributed by atoms with Crippen molar-refractivity contribution in [2.75, 3.05) is 0 Å². The predicted molar refractivity (Wildman–Crippen MR) is 269 cm³/mol. The highest BCUT2D eigenvalue weighted by molar-refractivity contribution is 5.91. The van der Waals surface area contributed by atoms with Crippen LogP contribution < -0.4 is 0 Å². The molecule has 13 rings (SSSR count). The fourth-order valence-electron chi connectivity index (χ4n) is 8.91. The van der Waals surface area contributed by atoms with E-state index in [-0.39, 0.29) is 0 Å². The lowest BCUT2D eigenvalue weighted by molar-refractivity contribution is 0.620. The normalized spacial score (nSPS) is 11.6. The fraction of sp³-hybridized carbons (Fsp3) is 0. The van der Waals surface area contributed by atoms with E-state index < -0.39 is 0 Å². The standard InChI is InChI=1S/C59H35N7O/c1-5-15-49-36(11-1)21-45(32-60-49)54-28-42(29-55(64-54)46-22-37-12-2-6-16-50(37)61-33-46)40-25-41(27-44(26-40)59-66-53-19-9-10-20-58(53)67-59)43-30-56(47-23-38-13-3-7-17-51(38)62-34-47)65-57(31-43)48-24-39-14-4-8-18-52(39)63-35-48/h1-35H. The van der Waals surface area contributed by atoms with Crippen molar-refractivity contribution < 1.29 is 4.42 Å². The third-order valence-electron chi connectivity index (χ3n) is 12.3. The molecule has 13 aromatic rings. The van der Waals surface area contributed by atoms with Gasteiger partial charge in [-0.2, -0.15) is 0 Å². The van der Waals surface area contributed by atoms with E-state index in [0.29, 0.717) is 11.5 Å². The maximum Gasteiger partial charge on any atom is 0.227 e. The second-order valence-electron chi connectivity index (χ2n) is 16.7. The highest BCUT2D eigenvalue weighted by atomic mass is 16.3. The number of fused-ring (bicyclic) bond motifs is 5. The van der Waals surface area contributed by atoms with Gasteiger partial charge >= 0.3 is 0 Å². The zero-order chi connectivity index (χ0) is 44.3. The monoisotopic (exact) mass is 857 g/mol. The molecule has 7 heterocycles. The van der Waals surface area contributed by atoms with Gasteiger partial charge in [-0.05, 0) is 125 Å². The Bertz CT molecular complexity index is 3630. The van der Waals surface area contributed by atoms with Crippen LogP contribution in [0.2, 0.25) is 0 Å². The molecule has 6 aromatic carbocycles. The molecule has 312 valence electrons. The number of para-hydroxylation sites is 6. The molecule has 7 aromatic heterocycles. The van der Waals surface area contributed by atoms with Crippen LogP contribution >= 0.6 is 0 Å². The summed E-state index contributed by atoms with van der Waals surface area (Å²) in [5.41, 5.74) is 16.6. The lowest BCUT2D eigenvalue weighted by Gasteiger charge is -2.15. The van der Waals surface area contributed by atoms with Crippen molar-refractivity contribution in [3.63, 3.8) is 0 Å². The van der Waals surface area contributed by atoms with Crippen LogP contribution in [0.5, 0.6) is 0 Å². The van der Waals surface area contributed by atoms with Crippen LogP contribution in [0, 0.1) is 0 Å². The molecular weight excluding hydrogens is 823 g/mol. The Morgan fingerprint density at radius 1 is 0.254 bits per heavy atom. The molecular formula is C59H35N7O. The first-order valence-electron chi connectivity index (χ1n) is 22.1. The summed E-state index contributed by atoms with van der Waals surface area (Å²) in [4.78, 5) is 35.0. The van der Waals surface area contributed by atoms with Crippen molar-refractivity contribution >= 4 is 54.7 Å². The summed E-state index contributed by atoms with van der Waals surface area (Å²) in [6, 6.07) is 64.2. The zero-order valence-corrected chi connectivity index (χ0v) is 35.7. The van der Waals surface area contributed by atoms with E-state index in [1.807, 2.05) is 122 Å². The molecule has 0 radical (unpaired) electrons. The summed E-state index contributed by atoms with van der Waals surface area (Å²) in [6.07, 6.45) is 7.61. The van der Waals surface area contributed by atoms with Crippen molar-refractivity contribution in [1.29, 1.82) is 0 Å². The lowest BCUT2D eigenvalue weighted by Crippen LogP contribution is -1.95. The summed E-state index contributed by atoms with van der Waals surface area (Å²) < 4.78 is 6.50. The molecule has 0 amide bonds. The summed E-state index contributed by atoms with van der Waals surface area (Å²) in [6.45, 7) is 0. The summed E-state index contributed by atoms with van der Waals surface area (Å²) >= 11 is 0. The summed E-state index contributed by atoms with van der Waals surface area (Å²) in [7, 11) is 0. The van der Waals surface area contributed by atoms with E-state index >= 15 is 0 Å². The van der Waals surface area contributed by atoms with Gasteiger partial charge in [0.1, 0.15) is 5.52 Å². The van der Waals surface area contributed by atoms with Crippen molar-refractivity contribution in [3.05, 3.63) is 213 Å². The lowest BCUT2D eigenvalue weighted by atomic mass is 9.93. The SMILES string of the molecule is c1ccc2ncc(-c3cc(-c4cc(-c5cc(-c6cnc7ccccc7c6)nc(-c6cnc7ccccc7c6)c5)cc(-c5nc6ccccc6o5)c4)cc(-c4cnc5ccccc5c4)n3)cc2c1. The number of hydrogen-bond donors (Lipinski definition) is 0. The van der Waals surface area contributed by atoms with Crippen molar-refractivity contribution in [2.24, 2.45) is 0 Å². The van der Waals surface area contributed by atoms with E-state index in [0.717, 1.165) is 122 Å². The van der Waals surface area contributed by atoms with Gasteiger partial charge in [0, 0.05) is 74.1 Å². The molecule has 0 aliphatic heterocycles. The van der Waals surface area contributed by atoms with Gasteiger partial charge in [-0.1, -0.05) is 84.9 Å². The van der Waals surface area contributed by atoms with Crippen LogP contribution in [0.4, 0.5) is 0 Å². The van der Waals surface area contributed by atoms with Gasteiger partial charge in [0.15, 0.2) is 5.58 Å². The number of pyridine rings is 6. The number of rotatable bonds is 7. The summed E-state index contributed by atoms with van der Waals surface area (Å²) in [5, 5.41) is 4.14. The maximum absolute atomic E-state index is 6.50. The molecule has 0 unspecified atom stereocenters. The Kier molecular flexibility index (Phi) is 8.99. The molecule has 8 heteroatoms. The van der Waals surface area contributed by atoms with Crippen LogP contribution in [0.15, 0.2) is 217 Å². The molecule has 0 saturated carbocycles. The third kappa shape index (κ3) is 7.19. The highest BCUT2D eigenvalue weighted by Gasteiger charge is 2.18. The van der Waals surface area contributed by atoms with Crippen molar-refractivity contribution in [2.45, 2.75) is 0 Å². The smallest absolute Gasteiger partial charge is 0.227 e. The Hall–Kier alpha value is -9.27. The van der Waals surface area contributed by atoms with Crippen LogP contribution in [0.25, 0.3) is 133 Å². The first-order chi connectivity index (χ1) is 33.1. The highest BCUT2D eigenvalue weighted by Crippen LogP contribution is 2.39. The van der Waals surface area contributed by atoms with Gasteiger partial charge in [-0.3, -0.25) is 19.9 Å². The number of hydrogen-bond acceptors (Lipinski definition) is 8. The number of benzene rings is 6. The quantitative estimate of drug-likeness (QED) is 0.156. The van der Waals surface area contributed by atoms with Crippen LogP contribution in [0.3, 0.4) is 0 Å². The van der Waals surface area contributed by atoms with E-state index in [1.165, 1.54) is 0 Å². The van der Waals surface area contributed by atoms with Gasteiger partial charge in [0.05, 0.1) is 44.8 Å². The van der Waals surface area contributed by atoms with Crippen molar-refractivity contribution in [3.8, 4) is 78.7 Å². The van der Waals surface area contributed by atoms with E-state index in [9.17, 15) is 0 Å². The number of aromatic nitrogens is 7. The average Bonchev–Trinajstić information content (AvgIpc) is 3.85. The van der Waals surface area contributed by atoms with Gasteiger partial charge in [-0.25, -0.2) is 15.0 Å². The second kappa shape index (κ2) is 15.8. The Morgan fingerprint density at radius 2 is 0.567 bits per heavy atom. The second-order valence-corrected chi connectivity index (χ2v) is 16.7. The average molecular weight is 858 g/mol. The minimum atomic E-state index is 0.517. The van der Waals surface area contributed by atoms with Crippen LogP contribution in [-0.4, -0.2) is 34.9 Å². The maximum atomic E-state index is 6.50. The molecule has 0 aliphatic rings. The molecule has 0 atom stereocenters. The Labute approximate surface area is 384 Å². The van der Waals surface area contributed by atoms with E-state index in [1.54, 1.807) is 0 Å². The Balaban J connectivity index is 1.05. The zero-order valence-electron chi connectivity index (χ0n) is 35.7. The fourth-order valence-corrected chi connectivity index (χ4v) is 8.91. The molecule has 0 N–H and O–H groups in total. The molecule has 67 heavy (non-hydrogen) atoms. The molecule has 0 fully saturated rings. The van der Waals surface area contributed by atoms with Gasteiger partial charge in [0.25, 0.3) is 0 Å². The summed E-state index contributed by atoms with van der Waals surface area (Å²) in [5.74, 6) is 0.517. The number of nitrogens with zero attached hydrogens (tertiary/aromatic N) is 7. The molecule has 0 spiro atoms. The van der Waals surface area contributed by atoms with Crippen molar-refractivity contribution in [1.82, 2.24) is 34.9 Å². The topological polar surface area (TPSA) is 103 Å². The molecule has 0 saturated heterocycles. The van der Waals surface area contributed by atoms with Gasteiger partial charge in [0.2, 0.25) is 5.89 Å². The minimum absolute atomic E-state index is 0.517. The first-order valence-corrected chi connectivity index (χ1v) is 22.1. The van der Waals surface area contributed by atoms with Gasteiger partial charge in [-0.15, -0.1) is 0 Å². The Morgan fingerprint density at radius 3 is 0.940 bits per heavy atom. The number of oxazole rings is 1. The predicted octanol–water partition coefficient (Wildman–Crippen LogP) is 14.5. The minimum Gasteiger partial charge on any atom is -0.436 e. The van der Waals surface area contributed by atoms with Gasteiger partial charge < -0.3 is 4.42 Å². The van der Waals surface area contributed by atoms with E-state index in [4.69, 9.17) is 39.3 Å². The first kappa shape index (κ1) is 38.2. The third-order valence-corrected chi connectivity index (χ3v) is 12.3. The van der Waals surface area contributed by atoms with E-state index in [2.05, 4.69) is 91.0 Å². The molecule has 0 aliphatic carbocycles. The van der Waals surface area contributed by atoms with Crippen LogP contribution in [-0.2, 0) is 0 Å². The largest absolute Gasteiger partial charge is 0.436 e. The van der Waals surface area contributed by atoms with Crippen LogP contribution in [0.1, 0.15) is 0 Å². The molecule has 0 bridgehead atoms. The molecule has 8 nitrogen and oxygen atoms in total.